The fourth-order valence-electron chi connectivity index (χ4n) is 2.39. The Morgan fingerprint density at radius 2 is 2.06 bits per heavy atom. The zero-order valence-corrected chi connectivity index (χ0v) is 10.2. The Balaban J connectivity index is 1.78. The number of hydrogen-bond acceptors (Lipinski definition) is 4. The molecule has 1 aromatic carbocycles. The monoisotopic (exact) mass is 240 g/mol. The maximum atomic E-state index is 5.92. The molecule has 0 fully saturated rings. The number of rotatable bonds is 3. The minimum atomic E-state index is 0.704. The molecule has 1 aliphatic carbocycles. The van der Waals surface area contributed by atoms with Gasteiger partial charge in [0.25, 0.3) is 0 Å². The van der Waals surface area contributed by atoms with Crippen molar-refractivity contribution in [1.29, 1.82) is 0 Å². The zero-order valence-electron chi connectivity index (χ0n) is 10.2. The summed E-state index contributed by atoms with van der Waals surface area (Å²) in [5, 5.41) is 3.37. The first-order chi connectivity index (χ1) is 8.84. The average Bonchev–Trinajstić information content (AvgIpc) is 2.86. The zero-order chi connectivity index (χ0) is 12.4. The third-order valence-electron chi connectivity index (χ3n) is 3.38. The van der Waals surface area contributed by atoms with Gasteiger partial charge in [-0.1, -0.05) is 18.2 Å². The lowest BCUT2D eigenvalue weighted by Crippen LogP contribution is -2.07. The second-order valence-corrected chi connectivity index (χ2v) is 4.55. The van der Waals surface area contributed by atoms with Crippen molar-refractivity contribution in [3.63, 3.8) is 0 Å². The number of para-hydroxylation sites is 1. The molecule has 0 saturated heterocycles. The highest BCUT2D eigenvalue weighted by Crippen LogP contribution is 2.25. The summed E-state index contributed by atoms with van der Waals surface area (Å²) < 4.78 is 0. The number of aryl methyl sites for hydroxylation is 1. The first-order valence-corrected chi connectivity index (χ1v) is 6.24. The second kappa shape index (κ2) is 4.64. The average molecular weight is 240 g/mol. The number of fused-ring (bicyclic) bond motifs is 1. The molecule has 2 aromatic rings. The highest BCUT2D eigenvalue weighted by Gasteiger charge is 2.16. The molecule has 0 atom stereocenters. The Hall–Kier alpha value is -2.10. The topological polar surface area (TPSA) is 63.8 Å². The van der Waals surface area contributed by atoms with Crippen LogP contribution in [0.1, 0.15) is 23.2 Å². The van der Waals surface area contributed by atoms with Gasteiger partial charge in [0.05, 0.1) is 0 Å². The van der Waals surface area contributed by atoms with E-state index in [2.05, 4.69) is 15.3 Å². The summed E-state index contributed by atoms with van der Waals surface area (Å²) in [4.78, 5) is 8.65. The van der Waals surface area contributed by atoms with Gasteiger partial charge in [-0.05, 0) is 30.9 Å². The number of anilines is 2. The lowest BCUT2D eigenvalue weighted by atomic mass is 10.1. The van der Waals surface area contributed by atoms with Crippen molar-refractivity contribution in [3.05, 3.63) is 47.4 Å². The summed E-state index contributed by atoms with van der Waals surface area (Å²) in [6.07, 6.45) is 4.96. The van der Waals surface area contributed by atoms with E-state index >= 15 is 0 Å². The third-order valence-corrected chi connectivity index (χ3v) is 3.38. The van der Waals surface area contributed by atoms with Crippen LogP contribution in [0.2, 0.25) is 0 Å². The number of nitrogens with one attached hydrogen (secondary N) is 1. The van der Waals surface area contributed by atoms with Crippen molar-refractivity contribution >= 4 is 11.5 Å². The highest BCUT2D eigenvalue weighted by molar-refractivity contribution is 5.51. The fourth-order valence-corrected chi connectivity index (χ4v) is 2.39. The molecule has 0 unspecified atom stereocenters. The van der Waals surface area contributed by atoms with Crippen LogP contribution >= 0.6 is 0 Å². The molecule has 0 bridgehead atoms. The van der Waals surface area contributed by atoms with Gasteiger partial charge in [0.1, 0.15) is 12.1 Å². The Bertz CT molecular complexity index is 565. The summed E-state index contributed by atoms with van der Waals surface area (Å²) in [6, 6.07) is 7.89. The van der Waals surface area contributed by atoms with E-state index in [1.54, 1.807) is 6.33 Å². The normalized spacial score (nSPS) is 13.3. The van der Waals surface area contributed by atoms with Crippen LogP contribution in [0.15, 0.2) is 30.6 Å². The van der Waals surface area contributed by atoms with E-state index in [0.29, 0.717) is 6.54 Å². The molecule has 3 rings (SSSR count). The Kier molecular flexibility index (Phi) is 2.84. The standard InChI is InChI=1S/C14H16N4/c15-12-6-2-1-4-10(12)8-16-14-11-5-3-7-13(11)17-9-18-14/h1-2,4,6,9H,3,5,7-8,15H2,(H,16,17,18). The van der Waals surface area contributed by atoms with Gasteiger partial charge in [0.15, 0.2) is 0 Å². The van der Waals surface area contributed by atoms with Gasteiger partial charge in [-0.2, -0.15) is 0 Å². The lowest BCUT2D eigenvalue weighted by molar-refractivity contribution is 0.899. The molecular formula is C14H16N4. The molecule has 0 amide bonds. The summed E-state index contributed by atoms with van der Waals surface area (Å²) in [6.45, 7) is 0.704. The molecule has 0 aliphatic heterocycles. The molecule has 3 N–H and O–H groups in total. The molecule has 18 heavy (non-hydrogen) atoms. The molecular weight excluding hydrogens is 224 g/mol. The summed E-state index contributed by atoms with van der Waals surface area (Å²) >= 11 is 0. The van der Waals surface area contributed by atoms with Crippen LogP contribution in [0.3, 0.4) is 0 Å². The Labute approximate surface area is 106 Å². The van der Waals surface area contributed by atoms with Crippen LogP contribution in [0.5, 0.6) is 0 Å². The van der Waals surface area contributed by atoms with Crippen molar-refractivity contribution in [1.82, 2.24) is 9.97 Å². The van der Waals surface area contributed by atoms with Crippen LogP contribution in [-0.4, -0.2) is 9.97 Å². The van der Waals surface area contributed by atoms with Crippen molar-refractivity contribution < 1.29 is 0 Å². The summed E-state index contributed by atoms with van der Waals surface area (Å²) in [7, 11) is 0. The van der Waals surface area contributed by atoms with Gasteiger partial charge in [0, 0.05) is 23.5 Å². The molecule has 1 heterocycles. The largest absolute Gasteiger partial charge is 0.398 e. The quantitative estimate of drug-likeness (QED) is 0.807. The van der Waals surface area contributed by atoms with Gasteiger partial charge >= 0.3 is 0 Å². The number of aromatic nitrogens is 2. The van der Waals surface area contributed by atoms with E-state index in [1.165, 1.54) is 17.7 Å². The first kappa shape index (κ1) is 11.0. The SMILES string of the molecule is Nc1ccccc1CNc1ncnc2c1CCC2. The van der Waals surface area contributed by atoms with E-state index in [1.807, 2.05) is 24.3 Å². The van der Waals surface area contributed by atoms with Crippen molar-refractivity contribution in [2.75, 3.05) is 11.1 Å². The first-order valence-electron chi connectivity index (χ1n) is 6.24. The van der Waals surface area contributed by atoms with E-state index in [4.69, 9.17) is 5.73 Å². The molecule has 4 heteroatoms. The number of nitrogens with two attached hydrogens (primary N) is 1. The van der Waals surface area contributed by atoms with Crippen LogP contribution in [0.4, 0.5) is 11.5 Å². The third kappa shape index (κ3) is 2.01. The predicted octanol–water partition coefficient (Wildman–Crippen LogP) is 2.16. The number of nitrogens with zero attached hydrogens (tertiary/aromatic N) is 2. The van der Waals surface area contributed by atoms with Gasteiger partial charge in [-0.25, -0.2) is 9.97 Å². The fraction of sp³-hybridized carbons (Fsp3) is 0.286. The summed E-state index contributed by atoms with van der Waals surface area (Å²) in [5.74, 6) is 0.959. The van der Waals surface area contributed by atoms with Crippen LogP contribution in [0, 0.1) is 0 Å². The van der Waals surface area contributed by atoms with E-state index in [9.17, 15) is 0 Å². The maximum Gasteiger partial charge on any atom is 0.133 e. The highest BCUT2D eigenvalue weighted by atomic mass is 15.0. The van der Waals surface area contributed by atoms with Gasteiger partial charge < -0.3 is 11.1 Å². The lowest BCUT2D eigenvalue weighted by Gasteiger charge is -2.10. The molecule has 0 saturated carbocycles. The Morgan fingerprint density at radius 3 is 2.94 bits per heavy atom. The molecule has 1 aliphatic rings. The van der Waals surface area contributed by atoms with E-state index in [-0.39, 0.29) is 0 Å². The van der Waals surface area contributed by atoms with Crippen molar-refractivity contribution in [2.24, 2.45) is 0 Å². The van der Waals surface area contributed by atoms with Crippen molar-refractivity contribution in [2.45, 2.75) is 25.8 Å². The molecule has 92 valence electrons. The number of hydrogen-bond donors (Lipinski definition) is 2. The van der Waals surface area contributed by atoms with Crippen LogP contribution < -0.4 is 11.1 Å². The molecule has 0 spiro atoms. The Morgan fingerprint density at radius 1 is 1.17 bits per heavy atom. The number of nitrogen functional groups attached to an aromatic ring is 1. The maximum absolute atomic E-state index is 5.92. The number of benzene rings is 1. The molecule has 0 radical (unpaired) electrons. The van der Waals surface area contributed by atoms with Gasteiger partial charge in [0.2, 0.25) is 0 Å². The van der Waals surface area contributed by atoms with E-state index < -0.39 is 0 Å². The van der Waals surface area contributed by atoms with Crippen LogP contribution in [0.25, 0.3) is 0 Å². The van der Waals surface area contributed by atoms with Crippen LogP contribution in [-0.2, 0) is 19.4 Å². The minimum absolute atomic E-state index is 0.704. The smallest absolute Gasteiger partial charge is 0.133 e. The summed E-state index contributed by atoms with van der Waals surface area (Å²) in [5.41, 5.74) is 10.3. The van der Waals surface area contributed by atoms with E-state index in [0.717, 1.165) is 29.9 Å². The molecule has 1 aromatic heterocycles. The predicted molar refractivity (Wildman–Crippen MR) is 72.2 cm³/mol. The second-order valence-electron chi connectivity index (χ2n) is 4.55. The van der Waals surface area contributed by atoms with Crippen molar-refractivity contribution in [3.8, 4) is 0 Å². The van der Waals surface area contributed by atoms with Gasteiger partial charge in [-0.3, -0.25) is 0 Å². The molecule has 4 nitrogen and oxygen atoms in total. The minimum Gasteiger partial charge on any atom is -0.398 e. The van der Waals surface area contributed by atoms with Gasteiger partial charge in [-0.15, -0.1) is 0 Å².